The van der Waals surface area contributed by atoms with Crippen LogP contribution in [0, 0.1) is 0 Å². The summed E-state index contributed by atoms with van der Waals surface area (Å²) in [7, 11) is 1.62. The van der Waals surface area contributed by atoms with E-state index in [1.54, 1.807) is 7.11 Å². The highest BCUT2D eigenvalue weighted by Gasteiger charge is 2.11. The van der Waals surface area contributed by atoms with Gasteiger partial charge in [0.05, 0.1) is 24.8 Å². The average Bonchev–Trinajstić information content (AvgIpc) is 2.80. The van der Waals surface area contributed by atoms with Crippen LogP contribution in [0.15, 0.2) is 18.2 Å². The molecule has 0 aliphatic heterocycles. The van der Waals surface area contributed by atoms with Gasteiger partial charge in [0.2, 0.25) is 5.91 Å². The van der Waals surface area contributed by atoms with Crippen LogP contribution < -0.4 is 10.5 Å². The van der Waals surface area contributed by atoms with Gasteiger partial charge in [0.25, 0.3) is 0 Å². The highest BCUT2D eigenvalue weighted by Crippen LogP contribution is 2.22. The van der Waals surface area contributed by atoms with E-state index in [0.717, 1.165) is 22.6 Å². The molecule has 0 aliphatic rings. The smallest absolute Gasteiger partial charge is 0.243 e. The zero-order valence-corrected chi connectivity index (χ0v) is 12.6. The number of carbonyl (C=O) groups excluding carboxylic acids is 1. The largest absolute Gasteiger partial charge is 0.497 e. The Bertz CT molecular complexity index is 627. The van der Waals surface area contributed by atoms with Gasteiger partial charge in [-0.25, -0.2) is 4.98 Å². The number of hydrogen-bond donors (Lipinski definition) is 1. The van der Waals surface area contributed by atoms with Crippen molar-refractivity contribution in [2.45, 2.75) is 13.0 Å². The zero-order chi connectivity index (χ0) is 15.2. The first-order chi connectivity index (χ1) is 10.2. The van der Waals surface area contributed by atoms with Crippen molar-refractivity contribution in [3.63, 3.8) is 0 Å². The number of ether oxygens (including phenoxy) is 2. The molecule has 2 N–H and O–H groups in total. The molecule has 0 saturated carbocycles. The summed E-state index contributed by atoms with van der Waals surface area (Å²) in [4.78, 5) is 15.2. The number of carbonyl (C=O) groups is 1. The van der Waals surface area contributed by atoms with Crippen LogP contribution in [0.1, 0.15) is 5.82 Å². The number of benzene rings is 1. The van der Waals surface area contributed by atoms with Crippen molar-refractivity contribution in [3.8, 4) is 5.75 Å². The fraction of sp³-hybridized carbons (Fsp3) is 0.429. The van der Waals surface area contributed by atoms with E-state index in [2.05, 4.69) is 4.98 Å². The van der Waals surface area contributed by atoms with Crippen LogP contribution in [-0.4, -0.2) is 41.7 Å². The van der Waals surface area contributed by atoms with E-state index in [1.165, 1.54) is 0 Å². The maximum absolute atomic E-state index is 10.7. The van der Waals surface area contributed by atoms with Crippen LogP contribution in [0.3, 0.4) is 0 Å². The van der Waals surface area contributed by atoms with E-state index in [0.29, 0.717) is 25.5 Å². The lowest BCUT2D eigenvalue weighted by Gasteiger charge is -2.09. The monoisotopic (exact) mass is 311 g/mol. The summed E-state index contributed by atoms with van der Waals surface area (Å²) in [6, 6.07) is 5.70. The molecule has 0 aliphatic carbocycles. The number of amides is 1. The van der Waals surface area contributed by atoms with E-state index in [-0.39, 0.29) is 6.61 Å². The van der Waals surface area contributed by atoms with Gasteiger partial charge in [-0.1, -0.05) is 0 Å². The molecule has 0 fully saturated rings. The van der Waals surface area contributed by atoms with E-state index in [1.807, 2.05) is 22.8 Å². The summed E-state index contributed by atoms with van der Waals surface area (Å²) in [5.74, 6) is 1.66. The lowest BCUT2D eigenvalue weighted by Crippen LogP contribution is -2.20. The van der Waals surface area contributed by atoms with Crippen molar-refractivity contribution in [1.29, 1.82) is 0 Å². The second-order valence-electron chi connectivity index (χ2n) is 4.49. The molecule has 0 bridgehead atoms. The van der Waals surface area contributed by atoms with Crippen molar-refractivity contribution in [1.82, 2.24) is 9.55 Å². The number of hydrogen-bond acceptors (Lipinski definition) is 4. The van der Waals surface area contributed by atoms with Gasteiger partial charge < -0.3 is 19.8 Å². The maximum atomic E-state index is 10.7. The highest BCUT2D eigenvalue weighted by atomic mass is 35.5. The van der Waals surface area contributed by atoms with E-state index < -0.39 is 5.91 Å². The molecule has 7 heteroatoms. The molecule has 6 nitrogen and oxygen atoms in total. The molecule has 2 rings (SSSR count). The molecule has 1 aromatic carbocycles. The summed E-state index contributed by atoms with van der Waals surface area (Å²) in [6.45, 7) is 0.866. The number of nitrogens with zero attached hydrogens (tertiary/aromatic N) is 2. The van der Waals surface area contributed by atoms with E-state index in [9.17, 15) is 4.79 Å². The molecule has 1 heterocycles. The minimum absolute atomic E-state index is 0.0825. The SMILES string of the molecule is COc1ccc2nc(CCCl)n(CCOCC(N)=O)c2c1. The summed E-state index contributed by atoms with van der Waals surface area (Å²) in [5.41, 5.74) is 6.88. The normalized spacial score (nSPS) is 11.0. The topological polar surface area (TPSA) is 79.4 Å². The number of nitrogens with two attached hydrogens (primary N) is 1. The number of methoxy groups -OCH3 is 1. The second kappa shape index (κ2) is 7.28. The third kappa shape index (κ3) is 3.86. The standard InChI is InChI=1S/C14H18ClN3O3/c1-20-10-2-3-11-12(8-10)18(14(17-11)4-5-15)6-7-21-9-13(16)19/h2-3,8H,4-7,9H2,1H3,(H2,16,19). The molecule has 0 atom stereocenters. The Balaban J connectivity index is 2.23. The Morgan fingerprint density at radius 2 is 2.29 bits per heavy atom. The van der Waals surface area contributed by atoms with Gasteiger partial charge in [-0.05, 0) is 12.1 Å². The van der Waals surface area contributed by atoms with Crippen molar-refractivity contribution in [2.24, 2.45) is 5.73 Å². The first kappa shape index (κ1) is 15.6. The van der Waals surface area contributed by atoms with E-state index >= 15 is 0 Å². The van der Waals surface area contributed by atoms with Gasteiger partial charge in [-0.2, -0.15) is 0 Å². The number of aryl methyl sites for hydroxylation is 1. The molecule has 1 aromatic heterocycles. The molecular weight excluding hydrogens is 294 g/mol. The summed E-state index contributed by atoms with van der Waals surface area (Å²) in [5, 5.41) is 0. The lowest BCUT2D eigenvalue weighted by molar-refractivity contribution is -0.122. The van der Waals surface area contributed by atoms with Gasteiger partial charge in [0, 0.05) is 24.9 Å². The van der Waals surface area contributed by atoms with Crippen LogP contribution in [0.2, 0.25) is 0 Å². The summed E-state index contributed by atoms with van der Waals surface area (Å²) >= 11 is 5.83. The van der Waals surface area contributed by atoms with E-state index in [4.69, 9.17) is 26.8 Å². The van der Waals surface area contributed by atoms with Crippen molar-refractivity contribution < 1.29 is 14.3 Å². The number of imidazole rings is 1. The van der Waals surface area contributed by atoms with Crippen LogP contribution in [0.5, 0.6) is 5.75 Å². The average molecular weight is 312 g/mol. The highest BCUT2D eigenvalue weighted by molar-refractivity contribution is 6.17. The van der Waals surface area contributed by atoms with Gasteiger partial charge in [0.1, 0.15) is 18.2 Å². The Labute approximate surface area is 127 Å². The summed E-state index contributed by atoms with van der Waals surface area (Å²) < 4.78 is 12.5. The molecule has 0 radical (unpaired) electrons. The zero-order valence-electron chi connectivity index (χ0n) is 11.8. The first-order valence-electron chi connectivity index (χ1n) is 6.61. The minimum Gasteiger partial charge on any atom is -0.497 e. The molecule has 0 spiro atoms. The fourth-order valence-corrected chi connectivity index (χ4v) is 2.30. The third-order valence-electron chi connectivity index (χ3n) is 3.06. The quantitative estimate of drug-likeness (QED) is 0.589. The molecule has 0 saturated heterocycles. The Morgan fingerprint density at radius 3 is 2.95 bits per heavy atom. The summed E-state index contributed by atoms with van der Waals surface area (Å²) in [6.07, 6.45) is 0.661. The van der Waals surface area contributed by atoms with Gasteiger partial charge in [-0.3, -0.25) is 4.79 Å². The van der Waals surface area contributed by atoms with Crippen LogP contribution in [0.4, 0.5) is 0 Å². The number of primary amides is 1. The van der Waals surface area contributed by atoms with Gasteiger partial charge in [-0.15, -0.1) is 11.6 Å². The third-order valence-corrected chi connectivity index (χ3v) is 3.25. The van der Waals surface area contributed by atoms with Crippen LogP contribution >= 0.6 is 11.6 Å². The molecule has 1 amide bonds. The second-order valence-corrected chi connectivity index (χ2v) is 4.87. The van der Waals surface area contributed by atoms with Crippen molar-refractivity contribution >= 4 is 28.5 Å². The predicted octanol–water partition coefficient (Wildman–Crippen LogP) is 1.33. The van der Waals surface area contributed by atoms with Crippen molar-refractivity contribution in [3.05, 3.63) is 24.0 Å². The minimum atomic E-state index is -0.479. The first-order valence-corrected chi connectivity index (χ1v) is 7.14. The Hall–Kier alpha value is -1.79. The molecule has 21 heavy (non-hydrogen) atoms. The Kier molecular flexibility index (Phi) is 5.41. The Morgan fingerprint density at radius 1 is 1.48 bits per heavy atom. The molecular formula is C14H18ClN3O3. The fourth-order valence-electron chi connectivity index (χ4n) is 2.13. The van der Waals surface area contributed by atoms with Crippen molar-refractivity contribution in [2.75, 3.05) is 26.2 Å². The molecule has 0 unspecified atom stereocenters. The molecule has 2 aromatic rings. The number of halogens is 1. The van der Waals surface area contributed by atoms with Gasteiger partial charge >= 0.3 is 0 Å². The maximum Gasteiger partial charge on any atom is 0.243 e. The number of alkyl halides is 1. The van der Waals surface area contributed by atoms with Crippen LogP contribution in [-0.2, 0) is 22.5 Å². The van der Waals surface area contributed by atoms with Gasteiger partial charge in [0.15, 0.2) is 0 Å². The number of aromatic nitrogens is 2. The molecule has 114 valence electrons. The number of rotatable bonds is 8. The van der Waals surface area contributed by atoms with Crippen LogP contribution in [0.25, 0.3) is 11.0 Å². The lowest BCUT2D eigenvalue weighted by atomic mass is 10.3. The number of fused-ring (bicyclic) bond motifs is 1. The predicted molar refractivity (Wildman–Crippen MR) is 80.7 cm³/mol.